The number of methoxy groups -OCH3 is 5. The van der Waals surface area contributed by atoms with Crippen LogP contribution in [0.4, 0.5) is 0 Å². The van der Waals surface area contributed by atoms with Gasteiger partial charge in [-0.3, -0.25) is 0 Å². The predicted molar refractivity (Wildman–Crippen MR) is 196 cm³/mol. The van der Waals surface area contributed by atoms with E-state index in [0.717, 1.165) is 34.4 Å². The van der Waals surface area contributed by atoms with Crippen LogP contribution in [0.2, 0.25) is 0 Å². The Bertz CT molecular complexity index is 1740. The van der Waals surface area contributed by atoms with Gasteiger partial charge in [-0.1, -0.05) is 44.2 Å². The largest absolute Gasteiger partial charge is 0.496 e. The highest BCUT2D eigenvalue weighted by molar-refractivity contribution is 5.47. The Morgan fingerprint density at radius 1 is 0.500 bits per heavy atom. The minimum atomic E-state index is -0.114. The quantitative estimate of drug-likeness (QED) is 0.123. The Labute approximate surface area is 297 Å². The molecule has 1 aliphatic rings. The smallest absolute Gasteiger partial charge is 0.161 e. The lowest BCUT2D eigenvalue weighted by atomic mass is 9.85. The first-order valence-electron chi connectivity index (χ1n) is 17.3. The van der Waals surface area contributed by atoms with Crippen LogP contribution >= 0.6 is 0 Å². The molecule has 4 aromatic rings. The first-order chi connectivity index (χ1) is 24.1. The summed E-state index contributed by atoms with van der Waals surface area (Å²) in [5.74, 6) is 5.58. The van der Waals surface area contributed by atoms with Crippen LogP contribution in [0.5, 0.6) is 40.2 Å². The van der Waals surface area contributed by atoms with Gasteiger partial charge in [0.15, 0.2) is 34.5 Å². The monoisotopic (exact) mass is 684 g/mol. The summed E-state index contributed by atoms with van der Waals surface area (Å²) >= 11 is 0. The van der Waals surface area contributed by atoms with Gasteiger partial charge in [0.2, 0.25) is 0 Å². The van der Waals surface area contributed by atoms with Gasteiger partial charge in [-0.05, 0) is 103 Å². The summed E-state index contributed by atoms with van der Waals surface area (Å²) in [6.07, 6.45) is 1.09. The molecule has 0 N–H and O–H groups in total. The fourth-order valence-electron chi connectivity index (χ4n) is 6.89. The minimum Gasteiger partial charge on any atom is -0.496 e. The molecule has 0 aromatic heterocycles. The first kappa shape index (κ1) is 36.7. The van der Waals surface area contributed by atoms with Gasteiger partial charge in [0.1, 0.15) is 18.0 Å². The van der Waals surface area contributed by atoms with Crippen LogP contribution in [0.3, 0.4) is 0 Å². The second-order valence-corrected chi connectivity index (χ2v) is 13.3. The molecule has 1 heterocycles. The zero-order valence-corrected chi connectivity index (χ0v) is 31.1. The van der Waals surface area contributed by atoms with E-state index in [2.05, 4.69) is 52.0 Å². The highest BCUT2D eigenvalue weighted by Crippen LogP contribution is 2.51. The topological polar surface area (TPSA) is 73.8 Å². The molecule has 6 atom stereocenters. The number of aryl methyl sites for hydroxylation is 1. The van der Waals surface area contributed by atoms with E-state index in [1.54, 1.807) is 35.5 Å². The molecular formula is C42H52O8. The maximum absolute atomic E-state index is 6.80. The van der Waals surface area contributed by atoms with Crippen molar-refractivity contribution in [2.45, 2.75) is 71.9 Å². The van der Waals surface area contributed by atoms with E-state index < -0.39 is 0 Å². The molecule has 0 spiro atoms. The maximum atomic E-state index is 6.80. The molecule has 268 valence electrons. The second-order valence-electron chi connectivity index (χ2n) is 13.3. The average Bonchev–Trinajstić information content (AvgIpc) is 3.41. The van der Waals surface area contributed by atoms with Crippen molar-refractivity contribution in [1.29, 1.82) is 0 Å². The third-order valence-corrected chi connectivity index (χ3v) is 9.72. The van der Waals surface area contributed by atoms with Crippen molar-refractivity contribution in [2.24, 2.45) is 11.8 Å². The summed E-state index contributed by atoms with van der Waals surface area (Å²) in [5.41, 5.74) is 5.51. The molecule has 0 radical (unpaired) electrons. The van der Waals surface area contributed by atoms with Crippen LogP contribution in [0.1, 0.15) is 67.7 Å². The highest BCUT2D eigenvalue weighted by Gasteiger charge is 2.41. The van der Waals surface area contributed by atoms with Gasteiger partial charge in [-0.15, -0.1) is 0 Å². The third-order valence-electron chi connectivity index (χ3n) is 9.72. The van der Waals surface area contributed by atoms with Crippen LogP contribution < -0.4 is 33.2 Å². The Hall–Kier alpha value is -4.56. The molecule has 1 aliphatic heterocycles. The molecule has 8 nitrogen and oxygen atoms in total. The molecule has 50 heavy (non-hydrogen) atoms. The molecule has 4 aromatic carbocycles. The normalized spacial score (nSPS) is 19.7. The zero-order chi connectivity index (χ0) is 35.9. The molecule has 1 saturated heterocycles. The standard InChI is InChI=1S/C42H52O8/c1-25-19-30(11-15-34(25)43-6)20-26(2)48-36-17-13-32(23-39(36)46-9)41-28(4)29(5)42(50-41)33-14-18-37(40(24-33)47-10)49-27(3)21-31-12-16-35(44-7)38(22-31)45-8/h11-19,22-24,26-29,41-42H,20-21H2,1-10H3/t26-,27-,28-,29-,41?,42?/m1/s1. The molecule has 0 bridgehead atoms. The number of hydrogen-bond acceptors (Lipinski definition) is 8. The molecule has 5 rings (SSSR count). The van der Waals surface area contributed by atoms with Crippen molar-refractivity contribution < 1.29 is 37.9 Å². The summed E-state index contributed by atoms with van der Waals surface area (Å²) < 4.78 is 47.4. The lowest BCUT2D eigenvalue weighted by Gasteiger charge is -2.21. The van der Waals surface area contributed by atoms with E-state index in [9.17, 15) is 0 Å². The van der Waals surface area contributed by atoms with Crippen molar-refractivity contribution in [1.82, 2.24) is 0 Å². The third kappa shape index (κ3) is 8.24. The van der Waals surface area contributed by atoms with Crippen molar-refractivity contribution in [2.75, 3.05) is 35.5 Å². The summed E-state index contributed by atoms with van der Waals surface area (Å²) in [4.78, 5) is 0. The summed E-state index contributed by atoms with van der Waals surface area (Å²) in [6.45, 7) is 10.7. The van der Waals surface area contributed by atoms with Gasteiger partial charge < -0.3 is 37.9 Å². The molecule has 0 amide bonds. The van der Waals surface area contributed by atoms with Gasteiger partial charge in [-0.2, -0.15) is 0 Å². The Kier molecular flexibility index (Phi) is 12.1. The fraction of sp³-hybridized carbons (Fsp3) is 0.429. The van der Waals surface area contributed by atoms with E-state index in [1.165, 1.54) is 5.56 Å². The van der Waals surface area contributed by atoms with Crippen molar-refractivity contribution in [3.05, 3.63) is 101 Å². The lowest BCUT2D eigenvalue weighted by molar-refractivity contribution is 0.0287. The van der Waals surface area contributed by atoms with Crippen molar-refractivity contribution in [3.8, 4) is 40.2 Å². The molecular weight excluding hydrogens is 632 g/mol. The first-order valence-corrected chi connectivity index (χ1v) is 17.3. The van der Waals surface area contributed by atoms with E-state index in [0.29, 0.717) is 40.9 Å². The number of hydrogen-bond donors (Lipinski definition) is 0. The maximum Gasteiger partial charge on any atom is 0.161 e. The summed E-state index contributed by atoms with van der Waals surface area (Å²) in [6, 6.07) is 24.4. The van der Waals surface area contributed by atoms with Gasteiger partial charge in [0, 0.05) is 12.8 Å². The summed E-state index contributed by atoms with van der Waals surface area (Å²) in [5, 5.41) is 0. The highest BCUT2D eigenvalue weighted by atomic mass is 16.5. The van der Waals surface area contributed by atoms with E-state index >= 15 is 0 Å². The Balaban J connectivity index is 1.26. The minimum absolute atomic E-state index is 0.0514. The van der Waals surface area contributed by atoms with Gasteiger partial charge in [0.05, 0.1) is 47.8 Å². The second kappa shape index (κ2) is 16.4. The Morgan fingerprint density at radius 2 is 0.900 bits per heavy atom. The lowest BCUT2D eigenvalue weighted by Crippen LogP contribution is -2.16. The van der Waals surface area contributed by atoms with Crippen LogP contribution in [-0.2, 0) is 17.6 Å². The van der Waals surface area contributed by atoms with Gasteiger partial charge in [-0.25, -0.2) is 0 Å². The van der Waals surface area contributed by atoms with Crippen molar-refractivity contribution in [3.63, 3.8) is 0 Å². The molecule has 2 unspecified atom stereocenters. The van der Waals surface area contributed by atoms with Crippen LogP contribution in [-0.4, -0.2) is 47.8 Å². The fourth-order valence-corrected chi connectivity index (χ4v) is 6.89. The van der Waals surface area contributed by atoms with Crippen LogP contribution in [0, 0.1) is 18.8 Å². The van der Waals surface area contributed by atoms with E-state index in [4.69, 9.17) is 37.9 Å². The van der Waals surface area contributed by atoms with Crippen molar-refractivity contribution >= 4 is 0 Å². The zero-order valence-electron chi connectivity index (χ0n) is 31.1. The molecule has 8 heteroatoms. The van der Waals surface area contributed by atoms with Crippen LogP contribution in [0.15, 0.2) is 72.8 Å². The molecule has 0 aliphatic carbocycles. The predicted octanol–water partition coefficient (Wildman–Crippen LogP) is 9.14. The molecule has 1 fully saturated rings. The number of ether oxygens (including phenoxy) is 8. The van der Waals surface area contributed by atoms with Gasteiger partial charge in [0.25, 0.3) is 0 Å². The number of rotatable bonds is 15. The van der Waals surface area contributed by atoms with Gasteiger partial charge >= 0.3 is 0 Å². The summed E-state index contributed by atoms with van der Waals surface area (Å²) in [7, 11) is 8.32. The SMILES string of the molecule is COc1ccc(C[C@@H](C)Oc2ccc(C3OC(c4ccc(O[C@H](C)Cc5ccc(OC)c(OC)c5)c(OC)c4)[C@H](C)[C@H]3C)cc2OC)cc1C. The molecule has 0 saturated carbocycles. The van der Waals surface area contributed by atoms with E-state index in [1.807, 2.05) is 55.5 Å². The van der Waals surface area contributed by atoms with Crippen LogP contribution in [0.25, 0.3) is 0 Å². The average molecular weight is 685 g/mol. The number of benzene rings is 4. The van der Waals surface area contributed by atoms with E-state index in [-0.39, 0.29) is 36.3 Å². The Morgan fingerprint density at radius 3 is 1.34 bits per heavy atom.